The monoisotopic (exact) mass is 195 g/mol. The first-order valence-electron chi connectivity index (χ1n) is 4.72. The van der Waals surface area contributed by atoms with Crippen molar-refractivity contribution in [2.75, 3.05) is 20.3 Å². The first-order chi connectivity index (χ1) is 6.83. The summed E-state index contributed by atoms with van der Waals surface area (Å²) in [6, 6.07) is 8.35. The van der Waals surface area contributed by atoms with Crippen LogP contribution in [0.1, 0.15) is 11.1 Å². The van der Waals surface area contributed by atoms with Crippen LogP contribution in [0, 0.1) is 6.92 Å². The molecule has 0 aliphatic rings. The van der Waals surface area contributed by atoms with Crippen LogP contribution in [-0.2, 0) is 16.1 Å². The normalized spacial score (nSPS) is 10.4. The average molecular weight is 195 g/mol. The number of ether oxygens (including phenoxy) is 1. The molecular weight excluding hydrogens is 178 g/mol. The molecule has 0 amide bonds. The van der Waals surface area contributed by atoms with Crippen molar-refractivity contribution in [1.29, 1.82) is 0 Å². The molecule has 0 aromatic heterocycles. The molecule has 14 heavy (non-hydrogen) atoms. The maximum Gasteiger partial charge on any atom is 0.0916 e. The number of hydrogen-bond acceptors (Lipinski definition) is 3. The topological polar surface area (TPSA) is 30.5 Å². The fourth-order valence-electron chi connectivity index (χ4n) is 1.04. The number of nitrogens with one attached hydrogen (secondary N) is 1. The van der Waals surface area contributed by atoms with Gasteiger partial charge in [-0.25, -0.2) is 0 Å². The standard InChI is InChI=1S/C11H17NO2/c1-10-3-5-11(6-4-10)9-12-14-8-7-13-2/h3-6,12H,7-9H2,1-2H3. The highest BCUT2D eigenvalue weighted by molar-refractivity contribution is 5.20. The second-order valence-corrected chi connectivity index (χ2v) is 3.15. The molecule has 0 spiro atoms. The van der Waals surface area contributed by atoms with Crippen molar-refractivity contribution in [2.45, 2.75) is 13.5 Å². The zero-order valence-corrected chi connectivity index (χ0v) is 8.75. The molecule has 0 bridgehead atoms. The van der Waals surface area contributed by atoms with Crippen molar-refractivity contribution in [3.63, 3.8) is 0 Å². The van der Waals surface area contributed by atoms with Crippen LogP contribution < -0.4 is 5.48 Å². The number of benzene rings is 1. The minimum absolute atomic E-state index is 0.572. The number of hydroxylamine groups is 1. The van der Waals surface area contributed by atoms with Gasteiger partial charge in [-0.2, -0.15) is 5.48 Å². The lowest BCUT2D eigenvalue weighted by atomic mass is 10.2. The van der Waals surface area contributed by atoms with E-state index in [2.05, 4.69) is 36.7 Å². The lowest BCUT2D eigenvalue weighted by Gasteiger charge is -2.05. The van der Waals surface area contributed by atoms with Gasteiger partial charge in [-0.1, -0.05) is 29.8 Å². The van der Waals surface area contributed by atoms with E-state index >= 15 is 0 Å². The molecule has 1 aromatic rings. The predicted octanol–water partition coefficient (Wildman–Crippen LogP) is 1.66. The highest BCUT2D eigenvalue weighted by atomic mass is 16.7. The van der Waals surface area contributed by atoms with E-state index in [1.165, 1.54) is 11.1 Å². The quantitative estimate of drug-likeness (QED) is 0.553. The fraction of sp³-hybridized carbons (Fsp3) is 0.455. The van der Waals surface area contributed by atoms with Crippen molar-refractivity contribution >= 4 is 0 Å². The number of hydrogen-bond donors (Lipinski definition) is 1. The molecule has 3 heteroatoms. The molecule has 0 unspecified atom stereocenters. The molecule has 0 saturated heterocycles. The van der Waals surface area contributed by atoms with Crippen LogP contribution in [0.2, 0.25) is 0 Å². The van der Waals surface area contributed by atoms with Gasteiger partial charge < -0.3 is 4.74 Å². The summed E-state index contributed by atoms with van der Waals surface area (Å²) in [4.78, 5) is 5.13. The van der Waals surface area contributed by atoms with Crippen LogP contribution in [0.3, 0.4) is 0 Å². The van der Waals surface area contributed by atoms with Crippen molar-refractivity contribution in [3.8, 4) is 0 Å². The largest absolute Gasteiger partial charge is 0.382 e. The minimum Gasteiger partial charge on any atom is -0.382 e. The van der Waals surface area contributed by atoms with Gasteiger partial charge in [0.25, 0.3) is 0 Å². The third-order valence-corrected chi connectivity index (χ3v) is 1.89. The van der Waals surface area contributed by atoms with Crippen molar-refractivity contribution in [1.82, 2.24) is 5.48 Å². The van der Waals surface area contributed by atoms with Crippen LogP contribution in [0.15, 0.2) is 24.3 Å². The third-order valence-electron chi connectivity index (χ3n) is 1.89. The van der Waals surface area contributed by atoms with Gasteiger partial charge in [0.15, 0.2) is 0 Å². The van der Waals surface area contributed by atoms with Gasteiger partial charge in [-0.15, -0.1) is 0 Å². The van der Waals surface area contributed by atoms with Crippen LogP contribution in [0.4, 0.5) is 0 Å². The summed E-state index contributed by atoms with van der Waals surface area (Å²) < 4.78 is 4.84. The zero-order valence-electron chi connectivity index (χ0n) is 8.75. The first kappa shape index (κ1) is 11.2. The fourth-order valence-corrected chi connectivity index (χ4v) is 1.04. The second kappa shape index (κ2) is 6.54. The molecular formula is C11H17NO2. The summed E-state index contributed by atoms with van der Waals surface area (Å²) in [7, 11) is 1.66. The van der Waals surface area contributed by atoms with Gasteiger partial charge in [-0.05, 0) is 12.5 Å². The van der Waals surface area contributed by atoms with Crippen LogP contribution in [0.5, 0.6) is 0 Å². The van der Waals surface area contributed by atoms with E-state index in [9.17, 15) is 0 Å². The van der Waals surface area contributed by atoms with E-state index < -0.39 is 0 Å². The van der Waals surface area contributed by atoms with Crippen molar-refractivity contribution in [2.24, 2.45) is 0 Å². The Balaban J connectivity index is 2.15. The molecule has 0 heterocycles. The summed E-state index contributed by atoms with van der Waals surface area (Å²) in [5, 5.41) is 0. The maximum atomic E-state index is 5.13. The van der Waals surface area contributed by atoms with Crippen LogP contribution >= 0.6 is 0 Å². The summed E-state index contributed by atoms with van der Waals surface area (Å²) in [5.74, 6) is 0. The molecule has 0 fully saturated rings. The van der Waals surface area contributed by atoms with Gasteiger partial charge >= 0.3 is 0 Å². The van der Waals surface area contributed by atoms with Gasteiger partial charge in [0.1, 0.15) is 0 Å². The molecule has 78 valence electrons. The second-order valence-electron chi connectivity index (χ2n) is 3.15. The Morgan fingerprint density at radius 3 is 2.50 bits per heavy atom. The number of rotatable bonds is 6. The van der Waals surface area contributed by atoms with E-state index in [1.54, 1.807) is 7.11 Å². The van der Waals surface area contributed by atoms with Crippen LogP contribution in [-0.4, -0.2) is 20.3 Å². The minimum atomic E-state index is 0.572. The molecule has 0 atom stereocenters. The van der Waals surface area contributed by atoms with Gasteiger partial charge in [0.2, 0.25) is 0 Å². The maximum absolute atomic E-state index is 5.13. The number of methoxy groups -OCH3 is 1. The summed E-state index contributed by atoms with van der Waals surface area (Å²) >= 11 is 0. The number of aryl methyl sites for hydroxylation is 1. The average Bonchev–Trinajstić information content (AvgIpc) is 2.21. The molecule has 3 nitrogen and oxygen atoms in total. The Morgan fingerprint density at radius 2 is 1.86 bits per heavy atom. The molecule has 1 N–H and O–H groups in total. The Hall–Kier alpha value is -0.900. The predicted molar refractivity (Wildman–Crippen MR) is 55.8 cm³/mol. The lowest BCUT2D eigenvalue weighted by molar-refractivity contribution is 0.00346. The van der Waals surface area contributed by atoms with Gasteiger partial charge in [0, 0.05) is 13.7 Å². The van der Waals surface area contributed by atoms with E-state index in [0.29, 0.717) is 13.2 Å². The van der Waals surface area contributed by atoms with E-state index in [1.807, 2.05) is 0 Å². The molecule has 1 aromatic carbocycles. The molecule has 0 radical (unpaired) electrons. The Morgan fingerprint density at radius 1 is 1.14 bits per heavy atom. The molecule has 0 aliphatic carbocycles. The zero-order chi connectivity index (χ0) is 10.2. The van der Waals surface area contributed by atoms with E-state index in [4.69, 9.17) is 9.57 Å². The Labute approximate surface area is 85.0 Å². The van der Waals surface area contributed by atoms with Gasteiger partial charge in [0.05, 0.1) is 13.2 Å². The SMILES string of the molecule is COCCONCc1ccc(C)cc1. The lowest BCUT2D eigenvalue weighted by Crippen LogP contribution is -2.17. The van der Waals surface area contributed by atoms with E-state index in [-0.39, 0.29) is 0 Å². The first-order valence-corrected chi connectivity index (χ1v) is 4.72. The highest BCUT2D eigenvalue weighted by Crippen LogP contribution is 2.02. The Kier molecular flexibility index (Phi) is 5.22. The summed E-state index contributed by atoms with van der Waals surface area (Å²) in [6.07, 6.45) is 0. The van der Waals surface area contributed by atoms with E-state index in [0.717, 1.165) is 6.54 Å². The molecule has 0 aliphatic heterocycles. The van der Waals surface area contributed by atoms with Gasteiger partial charge in [-0.3, -0.25) is 4.84 Å². The molecule has 1 rings (SSSR count). The molecule has 0 saturated carbocycles. The van der Waals surface area contributed by atoms with Crippen molar-refractivity contribution < 1.29 is 9.57 Å². The third kappa shape index (κ3) is 4.37. The highest BCUT2D eigenvalue weighted by Gasteiger charge is 1.91. The van der Waals surface area contributed by atoms with Crippen molar-refractivity contribution in [3.05, 3.63) is 35.4 Å². The smallest absolute Gasteiger partial charge is 0.0916 e. The summed E-state index contributed by atoms with van der Waals surface area (Å²) in [6.45, 7) is 3.99. The van der Waals surface area contributed by atoms with Crippen LogP contribution in [0.25, 0.3) is 0 Å². The Bertz CT molecular complexity index is 246. The summed E-state index contributed by atoms with van der Waals surface area (Å²) in [5.41, 5.74) is 5.36.